The maximum absolute atomic E-state index is 15.7. The van der Waals surface area contributed by atoms with Crippen LogP contribution in [0.15, 0.2) is 228 Å². The van der Waals surface area contributed by atoms with Crippen molar-refractivity contribution in [2.24, 2.45) is 16.2 Å². The number of carbonyl (C=O) groups excluding carboxylic acids is 5. The van der Waals surface area contributed by atoms with Crippen LogP contribution in [-0.2, 0) is 68.9 Å². The molecule has 21 nitrogen and oxygen atoms in total. The highest BCUT2D eigenvalue weighted by Gasteiger charge is 2.61. The average Bonchev–Trinajstić information content (AvgIpc) is 1.56. The quantitative estimate of drug-likeness (QED) is 0.0249. The number of halogens is 14. The van der Waals surface area contributed by atoms with E-state index in [1.54, 1.807) is 147 Å². The lowest BCUT2D eigenvalue weighted by molar-refractivity contribution is -0.131. The maximum Gasteiger partial charge on any atom is 0.257 e. The zero-order chi connectivity index (χ0) is 96.4. The Morgan fingerprint density at radius 2 is 0.644 bits per heavy atom. The molecule has 3 saturated carbocycles. The number of hydrogen-bond donors (Lipinski definition) is 5. The molecular formula is C100H82Br2Cl8F4N8O13. The molecule has 12 aromatic rings. The largest absolute Gasteiger partial charge is 0.396 e. The fraction of sp³-hybridized carbons (Fsp3) is 0.270. The van der Waals surface area contributed by atoms with E-state index in [1.165, 1.54) is 106 Å². The van der Waals surface area contributed by atoms with Gasteiger partial charge >= 0.3 is 0 Å². The Labute approximate surface area is 830 Å². The number of pyridine rings is 4. The molecule has 4 amide bonds. The molecule has 7 aliphatic rings. The lowest BCUT2D eigenvalue weighted by atomic mass is 9.89. The number of aliphatic hydroxyl groups is 5. The molecule has 4 aromatic heterocycles. The molecule has 3 aliphatic carbocycles. The van der Waals surface area contributed by atoms with Crippen LogP contribution in [0.3, 0.4) is 0 Å². The minimum atomic E-state index is -2.01. The number of Topliss-reactive ketones (excluding diaryl/α,β-unsaturated/α-hetero) is 1. The highest BCUT2D eigenvalue weighted by atomic mass is 79.9. The van der Waals surface area contributed by atoms with Crippen LogP contribution in [0.25, 0.3) is 0 Å². The fourth-order valence-electron chi connectivity index (χ4n) is 17.0. The summed E-state index contributed by atoms with van der Waals surface area (Å²) in [7, 11) is 0. The lowest BCUT2D eigenvalue weighted by Crippen LogP contribution is -2.48. The molecule has 698 valence electrons. The van der Waals surface area contributed by atoms with Gasteiger partial charge in [-0.25, -0.2) is 17.6 Å². The Balaban J connectivity index is 0.000000131. The standard InChI is InChI=1S/C28H27Cl2FN2O4.C27H23Cl2FN2O4.C25H20BrCl2FN2O3.C20H12BrCl2FN2O2/c1-26(2,36)17-3-7-22-21(11-17)25(35)33(14-20-6-4-19(30)13-32-20)28(22,37-16-27(15-34)9-10-27)23-8-5-18(29)12-24(23)31;1-16(34)17-2-6-22-21(10-17)25(35)32(13-20-5-3-19(29)12-31-20)27(22,36-15-26(14-33)8-9-26)23-7-4-18(28)11-24(23)30;26-15-1-5-20-19(9-15)23(33)31(12-18-4-2-17(28)11-30-18)25(20,34-14-24(13-32)7-8-24)21-6-3-16(27)10-22(21)29;21-11-1-5-16-15(7-11)19(27)26(10-14-4-2-13(23)9-25-14)20(16,28)17-6-3-12(22)8-18(17)24/h3-8,11-13,34,36H,9-10,14-16H2,1-2H3;2-7,10-12,33H,8-9,13-15H2,1H3;1-6,9-11,32H,7-8,12-14H2;1-9,28H,10H2/t28-;;;/m0.../s1. The highest BCUT2D eigenvalue weighted by Crippen LogP contribution is 2.57. The molecule has 4 aliphatic heterocycles. The van der Waals surface area contributed by atoms with Crippen LogP contribution in [0.4, 0.5) is 17.6 Å². The maximum atomic E-state index is 15.7. The first-order chi connectivity index (χ1) is 64.3. The van der Waals surface area contributed by atoms with E-state index in [4.69, 9.17) is 107 Å². The Morgan fingerprint density at radius 3 is 0.948 bits per heavy atom. The van der Waals surface area contributed by atoms with Gasteiger partial charge in [-0.05, 0) is 223 Å². The van der Waals surface area contributed by atoms with Gasteiger partial charge in [-0.2, -0.15) is 0 Å². The van der Waals surface area contributed by atoms with Gasteiger partial charge in [-0.3, -0.25) is 63.5 Å². The summed E-state index contributed by atoms with van der Waals surface area (Å²) < 4.78 is 82.7. The number of aromatic nitrogens is 4. The van der Waals surface area contributed by atoms with Crippen molar-refractivity contribution in [3.8, 4) is 0 Å². The molecule has 3 fully saturated rings. The topological polar surface area (TPSA) is 279 Å². The molecule has 8 aromatic carbocycles. The second-order valence-electron chi connectivity index (χ2n) is 34.9. The zero-order valence-electron chi connectivity index (χ0n) is 72.0. The third-order valence-corrected chi connectivity index (χ3v) is 28.1. The van der Waals surface area contributed by atoms with Gasteiger partial charge in [0, 0.05) is 142 Å². The summed E-state index contributed by atoms with van der Waals surface area (Å²) in [6.07, 6.45) is 10.5. The van der Waals surface area contributed by atoms with E-state index in [9.17, 15) is 53.9 Å². The summed E-state index contributed by atoms with van der Waals surface area (Å²) in [5.41, 5.74) is -3.29. The van der Waals surface area contributed by atoms with E-state index in [-0.39, 0.29) is 142 Å². The summed E-state index contributed by atoms with van der Waals surface area (Å²) in [6.45, 7) is 4.80. The molecule has 0 bridgehead atoms. The summed E-state index contributed by atoms with van der Waals surface area (Å²) in [5.74, 6) is -4.41. The number of nitrogens with zero attached hydrogens (tertiary/aromatic N) is 8. The van der Waals surface area contributed by atoms with Crippen LogP contribution in [-0.4, -0.2) is 134 Å². The predicted octanol–water partition coefficient (Wildman–Crippen LogP) is 21.9. The molecule has 3 unspecified atom stereocenters. The number of amides is 4. The Hall–Kier alpha value is -9.41. The van der Waals surface area contributed by atoms with Gasteiger partial charge < -0.3 is 39.7 Å². The monoisotopic (exact) mass is 2120 g/mol. The predicted molar refractivity (Wildman–Crippen MR) is 508 cm³/mol. The van der Waals surface area contributed by atoms with Crippen molar-refractivity contribution >= 4 is 154 Å². The number of benzene rings is 8. The first-order valence-corrected chi connectivity index (χ1v) is 47.0. The molecule has 19 rings (SSSR count). The van der Waals surface area contributed by atoms with Crippen molar-refractivity contribution in [3.63, 3.8) is 0 Å². The second-order valence-corrected chi connectivity index (χ2v) is 40.2. The molecule has 135 heavy (non-hydrogen) atoms. The minimum absolute atomic E-state index is 0.00325. The molecule has 35 heteroatoms. The summed E-state index contributed by atoms with van der Waals surface area (Å²) >= 11 is 54.7. The van der Waals surface area contributed by atoms with Crippen LogP contribution in [0.1, 0.15) is 184 Å². The third kappa shape index (κ3) is 19.5. The van der Waals surface area contributed by atoms with E-state index in [1.807, 2.05) is 0 Å². The number of carbonyl (C=O) groups is 5. The van der Waals surface area contributed by atoms with Crippen molar-refractivity contribution in [3.05, 3.63) is 392 Å². The van der Waals surface area contributed by atoms with Crippen molar-refractivity contribution in [1.82, 2.24) is 39.5 Å². The number of ketones is 1. The number of hydrogen-bond acceptors (Lipinski definition) is 17. The van der Waals surface area contributed by atoms with Crippen LogP contribution < -0.4 is 0 Å². The average molecular weight is 2120 g/mol. The van der Waals surface area contributed by atoms with E-state index in [0.29, 0.717) is 85.2 Å². The first-order valence-electron chi connectivity index (χ1n) is 42.4. The number of ether oxygens (including phenoxy) is 3. The fourth-order valence-corrected chi connectivity index (χ4v) is 18.8. The molecular weight excluding hydrogens is 2040 g/mol. The van der Waals surface area contributed by atoms with Crippen LogP contribution in [0, 0.1) is 39.5 Å². The minimum Gasteiger partial charge on any atom is -0.396 e. The SMILES string of the molecule is CC(=O)c1ccc2c(c1)C(=O)N(Cc1ccc(Cl)cn1)C2(OCC1(CO)CC1)c1ccc(Cl)cc1F.CC(C)(O)c1ccc2c(c1)C(=O)N(Cc1ccc(Cl)cn1)[C@@]2(OCC1(CO)CC1)c1ccc(Cl)cc1F.O=C1c2cc(Br)ccc2C(O)(c2ccc(Cl)cc2F)N1Cc1ccc(Cl)cn1.O=C1c2cc(Br)ccc2C(OCC2(CO)CC2)(c2ccc(Cl)cc2F)N1Cc1ccc(Cl)cn1. The van der Waals surface area contributed by atoms with E-state index >= 15 is 13.2 Å². The lowest BCUT2D eigenvalue weighted by Gasteiger charge is -2.40. The summed E-state index contributed by atoms with van der Waals surface area (Å²) in [6, 6.07) is 50.1. The van der Waals surface area contributed by atoms with Crippen LogP contribution >= 0.6 is 125 Å². The van der Waals surface area contributed by atoms with Gasteiger partial charge in [0.2, 0.25) is 0 Å². The molecule has 4 atom stereocenters. The first kappa shape index (κ1) is 98.6. The third-order valence-electron chi connectivity index (χ3n) is 25.3. The molecule has 0 saturated heterocycles. The summed E-state index contributed by atoms with van der Waals surface area (Å²) in [4.78, 5) is 89.7. The number of aliphatic hydroxyl groups excluding tert-OH is 3. The van der Waals surface area contributed by atoms with Gasteiger partial charge in [0.25, 0.3) is 23.6 Å². The van der Waals surface area contributed by atoms with E-state index in [0.717, 1.165) is 44.6 Å². The van der Waals surface area contributed by atoms with Crippen LogP contribution in [0.5, 0.6) is 0 Å². The normalized spacial score (nSPS) is 19.9. The van der Waals surface area contributed by atoms with Crippen LogP contribution in [0.2, 0.25) is 40.2 Å². The van der Waals surface area contributed by atoms with Crippen molar-refractivity contribution in [2.45, 2.75) is 114 Å². The van der Waals surface area contributed by atoms with Crippen molar-refractivity contribution in [1.29, 1.82) is 0 Å². The van der Waals surface area contributed by atoms with Crippen molar-refractivity contribution < 1.29 is 81.3 Å². The zero-order valence-corrected chi connectivity index (χ0v) is 81.2. The Bertz CT molecular complexity index is 6660. The van der Waals surface area contributed by atoms with E-state index < -0.39 is 85.7 Å². The highest BCUT2D eigenvalue weighted by molar-refractivity contribution is 9.10. The molecule has 5 N–H and O–H groups in total. The summed E-state index contributed by atoms with van der Waals surface area (Å²) in [5, 5.41) is 54.7. The molecule has 0 radical (unpaired) electrons. The Kier molecular flexibility index (Phi) is 28.6. The van der Waals surface area contributed by atoms with Gasteiger partial charge in [-0.1, -0.05) is 161 Å². The van der Waals surface area contributed by atoms with E-state index in [2.05, 4.69) is 51.8 Å². The van der Waals surface area contributed by atoms with Crippen molar-refractivity contribution in [2.75, 3.05) is 39.6 Å². The van der Waals surface area contributed by atoms with Gasteiger partial charge in [0.05, 0.1) is 114 Å². The van der Waals surface area contributed by atoms with Gasteiger partial charge in [0.15, 0.2) is 28.7 Å². The molecule has 0 spiro atoms. The smallest absolute Gasteiger partial charge is 0.257 e. The Morgan fingerprint density at radius 1 is 0.370 bits per heavy atom. The number of fused-ring (bicyclic) bond motifs is 4. The van der Waals surface area contributed by atoms with Gasteiger partial charge in [0.1, 0.15) is 23.3 Å². The van der Waals surface area contributed by atoms with Gasteiger partial charge in [-0.15, -0.1) is 0 Å². The second kappa shape index (κ2) is 39.1. The molecule has 8 heterocycles. The number of rotatable bonds is 26.